The summed E-state index contributed by atoms with van der Waals surface area (Å²) >= 11 is 1.84. The van der Waals surface area contributed by atoms with Gasteiger partial charge in [0.2, 0.25) is 0 Å². The zero-order valence-corrected chi connectivity index (χ0v) is 37.1. The van der Waals surface area contributed by atoms with E-state index in [2.05, 4.69) is 224 Å². The Balaban J connectivity index is 1.09. The molecule has 12 rings (SSSR count). The third kappa shape index (κ3) is 7.57. The maximum atomic E-state index is 5.65. The van der Waals surface area contributed by atoms with Gasteiger partial charge in [0.25, 0.3) is 0 Å². The van der Waals surface area contributed by atoms with E-state index in [1.165, 1.54) is 25.7 Å². The van der Waals surface area contributed by atoms with Crippen molar-refractivity contribution in [3.63, 3.8) is 0 Å². The average Bonchev–Trinajstić information content (AvgIpc) is 3.80. The molecule has 0 bridgehead atoms. The third-order valence-electron chi connectivity index (χ3n) is 12.3. The van der Waals surface area contributed by atoms with E-state index in [9.17, 15) is 0 Å². The number of aromatic nitrogens is 4. The topological polar surface area (TPSA) is 51.6 Å². The molecule has 0 aliphatic carbocycles. The molecular weight excluding hydrogens is 833 g/mol. The molecule has 0 amide bonds. The first kappa shape index (κ1) is 39.9. The van der Waals surface area contributed by atoms with E-state index in [0.29, 0.717) is 17.5 Å². The summed E-state index contributed by atoms with van der Waals surface area (Å²) in [4.78, 5) is 21.4. The molecule has 9 aromatic carbocycles. The minimum absolute atomic E-state index is 0.589. The maximum Gasteiger partial charge on any atom is 0.164 e. The Kier molecular flexibility index (Phi) is 10.4. The molecule has 0 saturated carbocycles. The van der Waals surface area contributed by atoms with Gasteiger partial charge in [-0.2, -0.15) is 0 Å². The van der Waals surface area contributed by atoms with Gasteiger partial charge in [-0.15, -0.1) is 11.3 Å². The van der Waals surface area contributed by atoms with Gasteiger partial charge < -0.3 is 0 Å². The van der Waals surface area contributed by atoms with Crippen molar-refractivity contribution in [2.45, 2.75) is 0 Å². The lowest BCUT2D eigenvalue weighted by Crippen LogP contribution is -2.02. The summed E-state index contributed by atoms with van der Waals surface area (Å²) < 4.78 is 2.55. The Morgan fingerprint density at radius 2 is 0.642 bits per heavy atom. The number of nitrogens with zero attached hydrogens (tertiary/aromatic N) is 4. The summed E-state index contributed by atoms with van der Waals surface area (Å²) in [6, 6.07) is 85.1. The standard InChI is InChI=1S/C62H40N4S/c1-6-21-41(22-7-1)55-54(56(42-23-8-2-9-24-42)58(44-27-12-4-13-28-44)63-57(55)43-25-10-3-11-26-43)47-32-19-34-49(40-47)62-65-60(45-29-14-5-15-30-45)64-61(66-62)48-33-18-31-46(39-48)50-36-20-37-52-51-35-16-17-38-53(51)67-59(50)52/h1-40H. The van der Waals surface area contributed by atoms with E-state index in [-0.39, 0.29) is 0 Å². The van der Waals surface area contributed by atoms with Crippen LogP contribution in [0.4, 0.5) is 0 Å². The zero-order chi connectivity index (χ0) is 44.5. The third-order valence-corrected chi connectivity index (χ3v) is 13.5. The van der Waals surface area contributed by atoms with E-state index in [0.717, 1.165) is 78.1 Å². The van der Waals surface area contributed by atoms with Crippen LogP contribution in [0, 0.1) is 0 Å². The van der Waals surface area contributed by atoms with Crippen LogP contribution in [0.3, 0.4) is 0 Å². The Hall–Kier alpha value is -8.64. The van der Waals surface area contributed by atoms with Crippen molar-refractivity contribution < 1.29 is 0 Å². The molecule has 5 heteroatoms. The smallest absolute Gasteiger partial charge is 0.164 e. The van der Waals surface area contributed by atoms with Gasteiger partial charge >= 0.3 is 0 Å². The molecule has 0 radical (unpaired) electrons. The zero-order valence-electron chi connectivity index (χ0n) is 36.3. The molecule has 0 aliphatic rings. The van der Waals surface area contributed by atoms with Crippen LogP contribution in [-0.4, -0.2) is 19.9 Å². The summed E-state index contributed by atoms with van der Waals surface area (Å²) in [7, 11) is 0. The Labute approximate surface area is 393 Å². The molecular formula is C62H40N4S. The van der Waals surface area contributed by atoms with Crippen LogP contribution in [0.25, 0.3) is 121 Å². The van der Waals surface area contributed by atoms with Crippen LogP contribution < -0.4 is 0 Å². The quantitative estimate of drug-likeness (QED) is 0.145. The first-order valence-electron chi connectivity index (χ1n) is 22.5. The van der Waals surface area contributed by atoms with Crippen molar-refractivity contribution in [2.24, 2.45) is 0 Å². The number of hydrogen-bond donors (Lipinski definition) is 0. The highest BCUT2D eigenvalue weighted by Crippen LogP contribution is 2.49. The van der Waals surface area contributed by atoms with Gasteiger partial charge in [0.1, 0.15) is 0 Å². The van der Waals surface area contributed by atoms with E-state index < -0.39 is 0 Å². The summed E-state index contributed by atoms with van der Waals surface area (Å²) in [5.41, 5.74) is 15.3. The lowest BCUT2D eigenvalue weighted by atomic mass is 9.83. The first-order valence-corrected chi connectivity index (χ1v) is 23.3. The van der Waals surface area contributed by atoms with Crippen molar-refractivity contribution in [3.8, 4) is 101 Å². The number of rotatable bonds is 9. The number of fused-ring (bicyclic) bond motifs is 3. The summed E-state index contributed by atoms with van der Waals surface area (Å²) in [5, 5.41) is 2.55. The van der Waals surface area contributed by atoms with E-state index in [1.807, 2.05) is 29.5 Å². The summed E-state index contributed by atoms with van der Waals surface area (Å²) in [6.45, 7) is 0. The molecule has 3 aromatic heterocycles. The fourth-order valence-corrected chi connectivity index (χ4v) is 10.5. The molecule has 0 spiro atoms. The number of pyridine rings is 1. The fraction of sp³-hybridized carbons (Fsp3) is 0. The Morgan fingerprint density at radius 1 is 0.254 bits per heavy atom. The summed E-state index contributed by atoms with van der Waals surface area (Å²) in [5.74, 6) is 1.81. The molecule has 0 unspecified atom stereocenters. The predicted molar refractivity (Wildman–Crippen MR) is 279 cm³/mol. The van der Waals surface area contributed by atoms with Gasteiger partial charge in [0.15, 0.2) is 17.5 Å². The molecule has 0 atom stereocenters. The molecule has 0 fully saturated rings. The highest BCUT2D eigenvalue weighted by molar-refractivity contribution is 7.26. The van der Waals surface area contributed by atoms with Crippen molar-refractivity contribution in [1.82, 2.24) is 19.9 Å². The molecule has 0 aliphatic heterocycles. The number of hydrogen-bond acceptors (Lipinski definition) is 5. The minimum atomic E-state index is 0.589. The second-order valence-electron chi connectivity index (χ2n) is 16.5. The van der Waals surface area contributed by atoms with Crippen molar-refractivity contribution in [2.75, 3.05) is 0 Å². The van der Waals surface area contributed by atoms with Crippen molar-refractivity contribution >= 4 is 31.5 Å². The van der Waals surface area contributed by atoms with Gasteiger partial charge in [-0.3, -0.25) is 0 Å². The first-order chi connectivity index (χ1) is 33.2. The molecule has 314 valence electrons. The van der Waals surface area contributed by atoms with Gasteiger partial charge in [-0.25, -0.2) is 19.9 Å². The highest BCUT2D eigenvalue weighted by atomic mass is 32.1. The minimum Gasteiger partial charge on any atom is -0.246 e. The highest BCUT2D eigenvalue weighted by Gasteiger charge is 2.26. The maximum absolute atomic E-state index is 5.65. The van der Waals surface area contributed by atoms with Crippen LogP contribution >= 0.6 is 11.3 Å². The van der Waals surface area contributed by atoms with Crippen molar-refractivity contribution in [1.29, 1.82) is 0 Å². The lowest BCUT2D eigenvalue weighted by Gasteiger charge is -2.23. The van der Waals surface area contributed by atoms with Crippen LogP contribution in [0.2, 0.25) is 0 Å². The average molecular weight is 873 g/mol. The van der Waals surface area contributed by atoms with E-state index >= 15 is 0 Å². The van der Waals surface area contributed by atoms with Gasteiger partial charge in [-0.05, 0) is 46.0 Å². The second-order valence-corrected chi connectivity index (χ2v) is 17.6. The van der Waals surface area contributed by atoms with Crippen LogP contribution in [0.5, 0.6) is 0 Å². The molecule has 0 N–H and O–H groups in total. The van der Waals surface area contributed by atoms with Crippen LogP contribution in [0.1, 0.15) is 0 Å². The van der Waals surface area contributed by atoms with Gasteiger partial charge in [-0.1, -0.05) is 224 Å². The SMILES string of the molecule is c1ccc(-c2nc(-c3cccc(-c4c(-c5ccccc5)c(-c5ccccc5)nc(-c5ccccc5)c4-c4ccccc4)c3)nc(-c3cccc(-c4cccc5c4sc4ccccc45)c3)n2)cc1. The van der Waals surface area contributed by atoms with E-state index in [4.69, 9.17) is 19.9 Å². The van der Waals surface area contributed by atoms with Gasteiger partial charge in [0.05, 0.1) is 11.4 Å². The number of benzene rings is 9. The molecule has 67 heavy (non-hydrogen) atoms. The number of thiophene rings is 1. The Morgan fingerprint density at radius 3 is 1.19 bits per heavy atom. The fourth-order valence-electron chi connectivity index (χ4n) is 9.22. The normalized spacial score (nSPS) is 11.3. The largest absolute Gasteiger partial charge is 0.246 e. The summed E-state index contributed by atoms with van der Waals surface area (Å²) in [6.07, 6.45) is 0. The lowest BCUT2D eigenvalue weighted by molar-refractivity contribution is 1.07. The second kappa shape index (κ2) is 17.4. The van der Waals surface area contributed by atoms with Crippen LogP contribution in [-0.2, 0) is 0 Å². The van der Waals surface area contributed by atoms with Crippen molar-refractivity contribution in [3.05, 3.63) is 243 Å². The molecule has 12 aromatic rings. The molecule has 3 heterocycles. The van der Waals surface area contributed by atoms with E-state index in [1.54, 1.807) is 0 Å². The Bertz CT molecular complexity index is 3620. The predicted octanol–water partition coefficient (Wildman–Crippen LogP) is 16.6. The molecule has 0 saturated heterocycles. The monoisotopic (exact) mass is 872 g/mol. The van der Waals surface area contributed by atoms with Crippen LogP contribution in [0.15, 0.2) is 243 Å². The molecule has 4 nitrogen and oxygen atoms in total. The van der Waals surface area contributed by atoms with Gasteiger partial charge in [0, 0.05) is 64.7 Å².